The second-order valence-electron chi connectivity index (χ2n) is 6.81. The Hall–Kier alpha value is -1.80. The zero-order valence-corrected chi connectivity index (χ0v) is 15.6. The van der Waals surface area contributed by atoms with Crippen LogP contribution in [0.5, 0.6) is 5.95 Å². The van der Waals surface area contributed by atoms with E-state index in [1.165, 1.54) is 12.7 Å². The number of sulfone groups is 1. The molecular formula is C17H24N2O5S. The minimum absolute atomic E-state index is 0.00652. The van der Waals surface area contributed by atoms with Crippen molar-refractivity contribution in [1.82, 2.24) is 9.80 Å². The van der Waals surface area contributed by atoms with Crippen LogP contribution in [0.25, 0.3) is 0 Å². The van der Waals surface area contributed by atoms with Gasteiger partial charge >= 0.3 is 0 Å². The van der Waals surface area contributed by atoms with Gasteiger partial charge in [-0.25, -0.2) is 8.42 Å². The second kappa shape index (κ2) is 6.84. The van der Waals surface area contributed by atoms with Crippen molar-refractivity contribution >= 4 is 15.7 Å². The first-order valence-electron chi connectivity index (χ1n) is 8.33. The highest BCUT2D eigenvalue weighted by Crippen LogP contribution is 2.29. The first-order chi connectivity index (χ1) is 11.8. The van der Waals surface area contributed by atoms with E-state index in [0.29, 0.717) is 19.6 Å². The monoisotopic (exact) mass is 368 g/mol. The van der Waals surface area contributed by atoms with Crippen molar-refractivity contribution in [2.75, 3.05) is 38.2 Å². The summed E-state index contributed by atoms with van der Waals surface area (Å²) in [6.45, 7) is 5.87. The van der Waals surface area contributed by atoms with Crippen molar-refractivity contribution in [2.45, 2.75) is 25.9 Å². The van der Waals surface area contributed by atoms with Crippen LogP contribution in [0, 0.1) is 0 Å². The molecule has 0 bridgehead atoms. The first-order valence-corrected chi connectivity index (χ1v) is 10.2. The molecule has 2 aliphatic rings. The van der Waals surface area contributed by atoms with Crippen molar-refractivity contribution in [3.05, 3.63) is 29.5 Å². The minimum Gasteiger partial charge on any atom is -0.468 e. The van der Waals surface area contributed by atoms with Gasteiger partial charge in [0.15, 0.2) is 15.6 Å². The normalized spacial score (nSPS) is 25.5. The van der Waals surface area contributed by atoms with Crippen molar-refractivity contribution < 1.29 is 22.4 Å². The highest BCUT2D eigenvalue weighted by molar-refractivity contribution is 7.91. The lowest BCUT2D eigenvalue weighted by molar-refractivity contribution is 0.0338. The maximum atomic E-state index is 12.8. The number of fused-ring (bicyclic) bond motifs is 1. The third-order valence-electron chi connectivity index (χ3n) is 4.78. The van der Waals surface area contributed by atoms with Crippen LogP contribution in [0.4, 0.5) is 0 Å². The molecule has 0 saturated carbocycles. The van der Waals surface area contributed by atoms with Gasteiger partial charge in [-0.1, -0.05) is 11.6 Å². The molecule has 7 nitrogen and oxygen atoms in total. The van der Waals surface area contributed by atoms with Crippen LogP contribution in [0.3, 0.4) is 0 Å². The zero-order chi connectivity index (χ0) is 18.2. The third kappa shape index (κ3) is 3.74. The van der Waals surface area contributed by atoms with E-state index in [2.05, 4.69) is 11.0 Å². The third-order valence-corrected chi connectivity index (χ3v) is 6.48. The molecule has 2 fully saturated rings. The summed E-state index contributed by atoms with van der Waals surface area (Å²) in [7, 11) is -1.69. The molecular weight excluding hydrogens is 344 g/mol. The maximum absolute atomic E-state index is 12.8. The van der Waals surface area contributed by atoms with E-state index in [4.69, 9.17) is 9.15 Å². The van der Waals surface area contributed by atoms with E-state index in [1.54, 1.807) is 17.0 Å². The molecule has 2 saturated heterocycles. The molecule has 3 rings (SSSR count). The van der Waals surface area contributed by atoms with Gasteiger partial charge in [-0.05, 0) is 19.9 Å². The number of furan rings is 1. The summed E-state index contributed by atoms with van der Waals surface area (Å²) in [5, 5.41) is 0. The predicted molar refractivity (Wildman–Crippen MR) is 93.5 cm³/mol. The summed E-state index contributed by atoms with van der Waals surface area (Å²) in [5.74, 6) is 0.266. The van der Waals surface area contributed by atoms with Crippen molar-refractivity contribution in [1.29, 1.82) is 0 Å². The van der Waals surface area contributed by atoms with Crippen LogP contribution in [0.15, 0.2) is 28.2 Å². The summed E-state index contributed by atoms with van der Waals surface area (Å²) in [6, 6.07) is 2.64. The highest BCUT2D eigenvalue weighted by atomic mass is 32.2. The molecule has 0 aliphatic carbocycles. The number of nitrogens with zero attached hydrogens (tertiary/aromatic N) is 2. The van der Waals surface area contributed by atoms with Gasteiger partial charge in [-0.3, -0.25) is 9.69 Å². The fourth-order valence-electron chi connectivity index (χ4n) is 3.49. The Morgan fingerprint density at radius 1 is 1.28 bits per heavy atom. The number of piperazine rings is 1. The second-order valence-corrected chi connectivity index (χ2v) is 8.96. The lowest BCUT2D eigenvalue weighted by Gasteiger charge is -2.43. The molecule has 8 heteroatoms. The minimum atomic E-state index is -3.16. The highest BCUT2D eigenvalue weighted by Gasteiger charge is 2.48. The molecule has 2 aliphatic heterocycles. The standard InChI is InChI=1S/C17H24N2O5S/c1-12(2)6-7-18-8-9-19(14-11-25(21,22)10-13(14)18)17(20)15-4-5-16(23-3)24-15/h4-6,13-14H,7-11H2,1-3H3/t13-,14+/m0/s1. The molecule has 2 atom stereocenters. The number of methoxy groups -OCH3 is 1. The summed E-state index contributed by atoms with van der Waals surface area (Å²) in [5.41, 5.74) is 1.19. The van der Waals surface area contributed by atoms with Crippen LogP contribution in [-0.2, 0) is 9.84 Å². The smallest absolute Gasteiger partial charge is 0.290 e. The van der Waals surface area contributed by atoms with Crippen LogP contribution in [0.1, 0.15) is 24.4 Å². The topological polar surface area (TPSA) is 80.1 Å². The number of hydrogen-bond acceptors (Lipinski definition) is 6. The Bertz CT molecular complexity index is 779. The Morgan fingerprint density at radius 2 is 2.00 bits per heavy atom. The first kappa shape index (κ1) is 18.0. The molecule has 1 aromatic rings. The number of carbonyl (C=O) groups is 1. The van der Waals surface area contributed by atoms with E-state index >= 15 is 0 Å². The number of carbonyl (C=O) groups excluding carboxylic acids is 1. The molecule has 0 aromatic carbocycles. The molecule has 138 valence electrons. The van der Waals surface area contributed by atoms with Gasteiger partial charge in [0, 0.05) is 31.7 Å². The zero-order valence-electron chi connectivity index (χ0n) is 14.8. The van der Waals surface area contributed by atoms with Gasteiger partial charge in [0.2, 0.25) is 0 Å². The predicted octanol–water partition coefficient (Wildman–Crippen LogP) is 1.18. The molecule has 0 spiro atoms. The average molecular weight is 368 g/mol. The van der Waals surface area contributed by atoms with Crippen molar-refractivity contribution in [3.63, 3.8) is 0 Å². The van der Waals surface area contributed by atoms with E-state index in [0.717, 1.165) is 0 Å². The lowest BCUT2D eigenvalue weighted by atomic mass is 10.0. The fourth-order valence-corrected chi connectivity index (χ4v) is 5.50. The molecule has 0 radical (unpaired) electrons. The van der Waals surface area contributed by atoms with Gasteiger partial charge < -0.3 is 14.1 Å². The van der Waals surface area contributed by atoms with E-state index in [9.17, 15) is 13.2 Å². The van der Waals surface area contributed by atoms with Crippen LogP contribution in [-0.4, -0.2) is 74.5 Å². The molecule has 3 heterocycles. The Morgan fingerprint density at radius 3 is 2.64 bits per heavy atom. The van der Waals surface area contributed by atoms with E-state index in [1.807, 2.05) is 13.8 Å². The van der Waals surface area contributed by atoms with Crippen LogP contribution >= 0.6 is 0 Å². The molecule has 0 N–H and O–H groups in total. The maximum Gasteiger partial charge on any atom is 0.290 e. The van der Waals surface area contributed by atoms with Crippen LogP contribution < -0.4 is 4.74 Å². The Labute approximate surface area is 148 Å². The number of hydrogen-bond donors (Lipinski definition) is 0. The molecule has 0 unspecified atom stereocenters. The number of allylic oxidation sites excluding steroid dienone is 1. The number of amides is 1. The molecule has 25 heavy (non-hydrogen) atoms. The van der Waals surface area contributed by atoms with Crippen molar-refractivity contribution in [3.8, 4) is 5.95 Å². The summed E-state index contributed by atoms with van der Waals surface area (Å²) < 4.78 is 34.8. The van der Waals surface area contributed by atoms with Crippen molar-refractivity contribution in [2.24, 2.45) is 0 Å². The summed E-state index contributed by atoms with van der Waals surface area (Å²) in [6.07, 6.45) is 2.09. The molecule has 1 aromatic heterocycles. The van der Waals surface area contributed by atoms with Crippen LogP contribution in [0.2, 0.25) is 0 Å². The van der Waals surface area contributed by atoms with E-state index in [-0.39, 0.29) is 41.2 Å². The lowest BCUT2D eigenvalue weighted by Crippen LogP contribution is -2.60. The Kier molecular flexibility index (Phi) is 4.92. The quantitative estimate of drug-likeness (QED) is 0.743. The molecule has 1 amide bonds. The number of rotatable bonds is 4. The summed E-state index contributed by atoms with van der Waals surface area (Å²) >= 11 is 0. The summed E-state index contributed by atoms with van der Waals surface area (Å²) in [4.78, 5) is 16.6. The average Bonchev–Trinajstić information content (AvgIpc) is 3.14. The SMILES string of the molecule is COc1ccc(C(=O)N2CCN(CC=C(C)C)[C@H]3CS(=O)(=O)C[C@H]32)o1. The van der Waals surface area contributed by atoms with Gasteiger partial charge in [-0.2, -0.15) is 0 Å². The fraction of sp³-hybridized carbons (Fsp3) is 0.588. The largest absolute Gasteiger partial charge is 0.468 e. The van der Waals surface area contributed by atoms with E-state index < -0.39 is 9.84 Å². The van der Waals surface area contributed by atoms with Gasteiger partial charge in [0.1, 0.15) is 0 Å². The number of ether oxygens (including phenoxy) is 1. The van der Waals surface area contributed by atoms with Gasteiger partial charge in [0.05, 0.1) is 24.7 Å². The van der Waals surface area contributed by atoms with Gasteiger partial charge in [0.25, 0.3) is 11.9 Å². The van der Waals surface area contributed by atoms with Gasteiger partial charge in [-0.15, -0.1) is 0 Å². The Balaban J connectivity index is 1.83.